The van der Waals surface area contributed by atoms with Crippen molar-refractivity contribution < 1.29 is 19.0 Å². The number of carbonyl (C=O) groups is 1. The molecule has 33 heavy (non-hydrogen) atoms. The molecule has 0 aliphatic carbocycles. The van der Waals surface area contributed by atoms with Crippen molar-refractivity contribution in [3.8, 4) is 11.8 Å². The molecule has 2 rings (SSSR count). The van der Waals surface area contributed by atoms with Gasteiger partial charge < -0.3 is 19.1 Å². The maximum absolute atomic E-state index is 11.8. The Balaban J connectivity index is 2.19. The molecular formula is C24H36N4O4Si. The highest BCUT2D eigenvalue weighted by molar-refractivity contribution is 6.76. The minimum Gasteiger partial charge on any atom is -0.497 e. The van der Waals surface area contributed by atoms with E-state index in [1.54, 1.807) is 20.2 Å². The number of benzene rings is 1. The van der Waals surface area contributed by atoms with E-state index in [1.807, 2.05) is 28.8 Å². The van der Waals surface area contributed by atoms with Gasteiger partial charge in [-0.1, -0.05) is 31.8 Å². The van der Waals surface area contributed by atoms with Gasteiger partial charge >= 0.3 is 5.97 Å². The smallest absolute Gasteiger partial charge is 0.305 e. The molecule has 0 saturated carbocycles. The standard InChI is InChI=1S/C24H36N4O4Si/c1-6-32-23(29)8-7-13-27(17-20-9-11-22(30-2)12-10-20)24-26-21(16-25)18-28(24)19-31-14-15-33(3,4)5/h9-12,18H,6-8,13-15,17,19H2,1-5H3. The average molecular weight is 473 g/mol. The van der Waals surface area contributed by atoms with Crippen molar-refractivity contribution in [2.45, 2.75) is 58.7 Å². The van der Waals surface area contributed by atoms with Gasteiger partial charge in [-0.25, -0.2) is 4.98 Å². The lowest BCUT2D eigenvalue weighted by Gasteiger charge is -2.25. The second kappa shape index (κ2) is 13.0. The van der Waals surface area contributed by atoms with Crippen LogP contribution in [0.25, 0.3) is 0 Å². The molecule has 0 N–H and O–H groups in total. The molecule has 0 saturated heterocycles. The summed E-state index contributed by atoms with van der Waals surface area (Å²) in [5.74, 6) is 1.23. The number of carbonyl (C=O) groups excluding carboxylic acids is 1. The first-order chi connectivity index (χ1) is 15.8. The van der Waals surface area contributed by atoms with Gasteiger partial charge in [0.15, 0.2) is 5.69 Å². The highest BCUT2D eigenvalue weighted by Gasteiger charge is 2.18. The summed E-state index contributed by atoms with van der Waals surface area (Å²) in [6.45, 7) is 11.3. The lowest BCUT2D eigenvalue weighted by Crippen LogP contribution is -2.28. The molecule has 0 fully saturated rings. The minimum atomic E-state index is -1.19. The van der Waals surface area contributed by atoms with E-state index in [4.69, 9.17) is 14.2 Å². The predicted octanol–water partition coefficient (Wildman–Crippen LogP) is 4.43. The van der Waals surface area contributed by atoms with Crippen LogP contribution < -0.4 is 9.64 Å². The Hall–Kier alpha value is -2.83. The summed E-state index contributed by atoms with van der Waals surface area (Å²) >= 11 is 0. The van der Waals surface area contributed by atoms with E-state index in [2.05, 4.69) is 35.6 Å². The Kier molecular flexibility index (Phi) is 10.4. The third-order valence-corrected chi connectivity index (χ3v) is 6.73. The van der Waals surface area contributed by atoms with Crippen LogP contribution in [0.3, 0.4) is 0 Å². The van der Waals surface area contributed by atoms with E-state index in [-0.39, 0.29) is 5.97 Å². The first kappa shape index (κ1) is 26.4. The number of nitriles is 1. The van der Waals surface area contributed by atoms with Crippen LogP contribution in [0.15, 0.2) is 30.5 Å². The van der Waals surface area contributed by atoms with E-state index in [1.165, 1.54) is 0 Å². The number of imidazole rings is 1. The number of anilines is 1. The normalized spacial score (nSPS) is 11.2. The van der Waals surface area contributed by atoms with Crippen molar-refractivity contribution in [3.63, 3.8) is 0 Å². The van der Waals surface area contributed by atoms with Gasteiger partial charge in [0.05, 0.1) is 13.7 Å². The fraction of sp³-hybridized carbons (Fsp3) is 0.542. The highest BCUT2D eigenvalue weighted by atomic mass is 28.3. The van der Waals surface area contributed by atoms with Crippen LogP contribution in [0.5, 0.6) is 5.75 Å². The summed E-state index contributed by atoms with van der Waals surface area (Å²) < 4.78 is 18.1. The number of nitrogens with zero attached hydrogens (tertiary/aromatic N) is 4. The average Bonchev–Trinajstić information content (AvgIpc) is 3.19. The SMILES string of the molecule is CCOC(=O)CCCN(Cc1ccc(OC)cc1)c1nc(C#N)cn1COCC[Si](C)(C)C. The van der Waals surface area contributed by atoms with Crippen molar-refractivity contribution in [1.82, 2.24) is 9.55 Å². The van der Waals surface area contributed by atoms with E-state index in [9.17, 15) is 10.1 Å². The molecule has 0 aliphatic rings. The molecule has 0 unspecified atom stereocenters. The number of hydrogen-bond acceptors (Lipinski definition) is 7. The topological polar surface area (TPSA) is 89.6 Å². The lowest BCUT2D eigenvalue weighted by atomic mass is 10.2. The van der Waals surface area contributed by atoms with Crippen molar-refractivity contribution in [3.05, 3.63) is 41.7 Å². The van der Waals surface area contributed by atoms with Crippen molar-refractivity contribution in [2.75, 3.05) is 31.8 Å². The van der Waals surface area contributed by atoms with Crippen LogP contribution in [0.1, 0.15) is 31.0 Å². The summed E-state index contributed by atoms with van der Waals surface area (Å²) in [5.41, 5.74) is 1.41. The van der Waals surface area contributed by atoms with Gasteiger partial charge in [-0.2, -0.15) is 5.26 Å². The summed E-state index contributed by atoms with van der Waals surface area (Å²) in [6, 6.07) is 11.0. The first-order valence-corrected chi connectivity index (χ1v) is 15.0. The minimum absolute atomic E-state index is 0.211. The van der Waals surface area contributed by atoms with Crippen LogP contribution in [-0.4, -0.2) is 50.5 Å². The lowest BCUT2D eigenvalue weighted by molar-refractivity contribution is -0.143. The third kappa shape index (κ3) is 9.28. The Morgan fingerprint density at radius 1 is 1.24 bits per heavy atom. The molecule has 180 valence electrons. The molecule has 1 heterocycles. The van der Waals surface area contributed by atoms with Gasteiger partial charge in [0.1, 0.15) is 18.5 Å². The van der Waals surface area contributed by atoms with Gasteiger partial charge in [0.2, 0.25) is 5.95 Å². The molecule has 0 spiro atoms. The molecule has 0 aliphatic heterocycles. The van der Waals surface area contributed by atoms with Crippen LogP contribution in [0.2, 0.25) is 25.7 Å². The maximum atomic E-state index is 11.8. The Morgan fingerprint density at radius 2 is 1.97 bits per heavy atom. The number of esters is 1. The number of hydrogen-bond donors (Lipinski definition) is 0. The molecule has 1 aromatic heterocycles. The fourth-order valence-corrected chi connectivity index (χ4v) is 3.95. The predicted molar refractivity (Wildman–Crippen MR) is 131 cm³/mol. The van der Waals surface area contributed by atoms with Gasteiger partial charge in [-0.3, -0.25) is 9.36 Å². The van der Waals surface area contributed by atoms with Gasteiger partial charge in [0, 0.05) is 40.4 Å². The van der Waals surface area contributed by atoms with Gasteiger partial charge in [-0.05, 0) is 37.1 Å². The van der Waals surface area contributed by atoms with Crippen LogP contribution in [0, 0.1) is 11.3 Å². The van der Waals surface area contributed by atoms with E-state index >= 15 is 0 Å². The molecule has 0 atom stereocenters. The van der Waals surface area contributed by atoms with E-state index in [0.29, 0.717) is 57.5 Å². The van der Waals surface area contributed by atoms with E-state index in [0.717, 1.165) is 17.4 Å². The van der Waals surface area contributed by atoms with Crippen molar-refractivity contribution in [2.24, 2.45) is 0 Å². The highest BCUT2D eigenvalue weighted by Crippen LogP contribution is 2.21. The summed E-state index contributed by atoms with van der Waals surface area (Å²) in [6.07, 6.45) is 2.65. The molecule has 0 amide bonds. The molecule has 0 radical (unpaired) electrons. The number of aromatic nitrogens is 2. The fourth-order valence-electron chi connectivity index (χ4n) is 3.20. The summed E-state index contributed by atoms with van der Waals surface area (Å²) in [7, 11) is 0.445. The summed E-state index contributed by atoms with van der Waals surface area (Å²) in [4.78, 5) is 18.4. The maximum Gasteiger partial charge on any atom is 0.305 e. The number of rotatable bonds is 14. The summed E-state index contributed by atoms with van der Waals surface area (Å²) in [5, 5.41) is 9.44. The largest absolute Gasteiger partial charge is 0.497 e. The van der Waals surface area contributed by atoms with Gasteiger partial charge in [0.25, 0.3) is 0 Å². The second-order valence-electron chi connectivity index (χ2n) is 9.03. The zero-order chi connectivity index (χ0) is 24.3. The first-order valence-electron chi connectivity index (χ1n) is 11.3. The number of methoxy groups -OCH3 is 1. The zero-order valence-corrected chi connectivity index (χ0v) is 21.5. The quantitative estimate of drug-likeness (QED) is 0.228. The molecule has 8 nitrogen and oxygen atoms in total. The Morgan fingerprint density at radius 3 is 2.58 bits per heavy atom. The van der Waals surface area contributed by atoms with Crippen LogP contribution in [-0.2, 0) is 27.5 Å². The van der Waals surface area contributed by atoms with Crippen LogP contribution in [0.4, 0.5) is 5.95 Å². The van der Waals surface area contributed by atoms with Crippen molar-refractivity contribution in [1.29, 1.82) is 5.26 Å². The monoisotopic (exact) mass is 472 g/mol. The molecule has 1 aromatic carbocycles. The zero-order valence-electron chi connectivity index (χ0n) is 20.5. The third-order valence-electron chi connectivity index (χ3n) is 5.03. The van der Waals surface area contributed by atoms with Gasteiger partial charge in [-0.15, -0.1) is 0 Å². The second-order valence-corrected chi connectivity index (χ2v) is 14.7. The molecular weight excluding hydrogens is 436 g/mol. The van der Waals surface area contributed by atoms with Crippen LogP contribution >= 0.6 is 0 Å². The van der Waals surface area contributed by atoms with Crippen molar-refractivity contribution >= 4 is 20.0 Å². The van der Waals surface area contributed by atoms with E-state index < -0.39 is 8.07 Å². The Bertz CT molecular complexity index is 916. The number of ether oxygens (including phenoxy) is 3. The molecule has 2 aromatic rings. The Labute approximate surface area is 198 Å². The molecule has 0 bridgehead atoms. The molecule has 9 heteroatoms.